The summed E-state index contributed by atoms with van der Waals surface area (Å²) in [6.45, 7) is 20.1. The van der Waals surface area contributed by atoms with Crippen LogP contribution in [0.4, 0.5) is 5.69 Å². The molecular weight excluding hydrogens is 474 g/mol. The molecule has 39 heavy (non-hydrogen) atoms. The molecule has 0 N–H and O–H groups in total. The molecule has 3 heteroatoms. The largest absolute Gasteiger partial charge is 0.367 e. The predicted octanol–water partition coefficient (Wildman–Crippen LogP) is 9.68. The molecule has 0 saturated carbocycles. The summed E-state index contributed by atoms with van der Waals surface area (Å²) in [6.07, 6.45) is 2.81. The van der Waals surface area contributed by atoms with Crippen LogP contribution in [0.25, 0.3) is 17.2 Å². The monoisotopic (exact) mass is 517 g/mol. The van der Waals surface area contributed by atoms with Gasteiger partial charge in [0.2, 0.25) is 0 Å². The Hall–Kier alpha value is -3.82. The van der Waals surface area contributed by atoms with Crippen molar-refractivity contribution in [2.75, 3.05) is 11.4 Å². The Bertz CT molecular complexity index is 1350. The van der Waals surface area contributed by atoms with Crippen LogP contribution in [0.15, 0.2) is 72.3 Å². The second-order valence-corrected chi connectivity index (χ2v) is 12.8. The van der Waals surface area contributed by atoms with Crippen LogP contribution >= 0.6 is 0 Å². The summed E-state index contributed by atoms with van der Waals surface area (Å²) in [5.74, 6) is 0.523. The van der Waals surface area contributed by atoms with Crippen molar-refractivity contribution in [3.63, 3.8) is 0 Å². The first-order valence-corrected chi connectivity index (χ1v) is 13.9. The molecular formula is C36H43N3. The van der Waals surface area contributed by atoms with Crippen LogP contribution in [0, 0.1) is 40.4 Å². The van der Waals surface area contributed by atoms with E-state index in [9.17, 15) is 0 Å². The highest BCUT2D eigenvalue weighted by Gasteiger charge is 2.30. The van der Waals surface area contributed by atoms with Gasteiger partial charge in [0.15, 0.2) is 0 Å². The lowest BCUT2D eigenvalue weighted by Crippen LogP contribution is -2.24. The van der Waals surface area contributed by atoms with Crippen molar-refractivity contribution in [1.29, 1.82) is 10.5 Å². The zero-order chi connectivity index (χ0) is 28.8. The van der Waals surface area contributed by atoms with Crippen LogP contribution in [0.5, 0.6) is 0 Å². The number of hydrogen-bond donors (Lipinski definition) is 0. The van der Waals surface area contributed by atoms with Gasteiger partial charge in [-0.05, 0) is 88.6 Å². The zero-order valence-corrected chi connectivity index (χ0v) is 25.0. The fourth-order valence-corrected chi connectivity index (χ4v) is 5.12. The number of benzene rings is 3. The summed E-state index contributed by atoms with van der Waals surface area (Å²) in [5, 5.41) is 18.1. The Morgan fingerprint density at radius 1 is 0.846 bits per heavy atom. The fourth-order valence-electron chi connectivity index (χ4n) is 5.12. The molecule has 0 aliphatic carbocycles. The van der Waals surface area contributed by atoms with Gasteiger partial charge in [0.25, 0.3) is 0 Å². The molecule has 3 aromatic rings. The van der Waals surface area contributed by atoms with Crippen molar-refractivity contribution in [3.05, 3.63) is 94.6 Å². The molecule has 0 spiro atoms. The van der Waals surface area contributed by atoms with E-state index in [4.69, 9.17) is 10.5 Å². The van der Waals surface area contributed by atoms with Gasteiger partial charge < -0.3 is 4.90 Å². The quantitative estimate of drug-likeness (QED) is 0.279. The molecule has 1 unspecified atom stereocenters. The first kappa shape index (κ1) is 29.7. The maximum Gasteiger partial charge on any atom is 0.130 e. The third-order valence-corrected chi connectivity index (χ3v) is 7.38. The maximum atomic E-state index is 9.05. The average molecular weight is 518 g/mol. The number of rotatable bonds is 8. The van der Waals surface area contributed by atoms with Crippen LogP contribution in [-0.2, 0) is 6.54 Å². The van der Waals surface area contributed by atoms with E-state index in [0.29, 0.717) is 5.92 Å². The number of anilines is 1. The number of nitriles is 2. The molecule has 3 aromatic carbocycles. The first-order valence-electron chi connectivity index (χ1n) is 13.9. The molecule has 202 valence electrons. The van der Waals surface area contributed by atoms with E-state index in [1.54, 1.807) is 6.08 Å². The predicted molar refractivity (Wildman–Crippen MR) is 165 cm³/mol. The third-order valence-electron chi connectivity index (χ3n) is 7.38. The number of hydrogen-bond acceptors (Lipinski definition) is 3. The Morgan fingerprint density at radius 3 is 1.92 bits per heavy atom. The number of nitrogens with zero attached hydrogens (tertiary/aromatic N) is 3. The summed E-state index contributed by atoms with van der Waals surface area (Å²) in [7, 11) is 0. The van der Waals surface area contributed by atoms with Crippen molar-refractivity contribution in [2.24, 2.45) is 10.8 Å². The zero-order valence-electron chi connectivity index (χ0n) is 25.0. The second kappa shape index (κ2) is 12.4. The molecule has 3 nitrogen and oxygen atoms in total. The second-order valence-electron chi connectivity index (χ2n) is 12.8. The Kier molecular flexibility index (Phi) is 9.42. The summed E-state index contributed by atoms with van der Waals surface area (Å²) >= 11 is 0. The maximum absolute atomic E-state index is 9.05. The molecule has 0 aliphatic heterocycles. The van der Waals surface area contributed by atoms with Gasteiger partial charge in [-0.2, -0.15) is 10.5 Å². The molecule has 3 rings (SSSR count). The Morgan fingerprint density at radius 2 is 1.44 bits per heavy atom. The van der Waals surface area contributed by atoms with E-state index >= 15 is 0 Å². The lowest BCUT2D eigenvalue weighted by atomic mass is 9.69. The lowest BCUT2D eigenvalue weighted by molar-refractivity contribution is 0.229. The van der Waals surface area contributed by atoms with E-state index < -0.39 is 0 Å². The van der Waals surface area contributed by atoms with Gasteiger partial charge in [-0.15, -0.1) is 0 Å². The van der Waals surface area contributed by atoms with Gasteiger partial charge in [-0.3, -0.25) is 0 Å². The molecule has 0 fully saturated rings. The summed E-state index contributed by atoms with van der Waals surface area (Å²) in [6, 6.07) is 28.0. The van der Waals surface area contributed by atoms with E-state index in [-0.39, 0.29) is 16.4 Å². The summed E-state index contributed by atoms with van der Waals surface area (Å²) in [4.78, 5) is 2.40. The van der Waals surface area contributed by atoms with Crippen molar-refractivity contribution in [3.8, 4) is 23.3 Å². The Balaban J connectivity index is 1.76. The van der Waals surface area contributed by atoms with Crippen molar-refractivity contribution in [1.82, 2.24) is 0 Å². The molecule has 0 saturated heterocycles. The topological polar surface area (TPSA) is 50.8 Å². The molecule has 0 bridgehead atoms. The van der Waals surface area contributed by atoms with E-state index in [1.165, 1.54) is 23.2 Å². The van der Waals surface area contributed by atoms with Crippen molar-refractivity contribution in [2.45, 2.75) is 74.3 Å². The fraction of sp³-hybridized carbons (Fsp3) is 0.389. The minimum atomic E-state index is 0.114. The van der Waals surface area contributed by atoms with Gasteiger partial charge in [0.1, 0.15) is 17.7 Å². The minimum absolute atomic E-state index is 0.114. The van der Waals surface area contributed by atoms with Crippen LogP contribution < -0.4 is 4.90 Å². The van der Waals surface area contributed by atoms with Crippen LogP contribution in [0.3, 0.4) is 0 Å². The number of allylic oxidation sites excluding steroid dienone is 1. The van der Waals surface area contributed by atoms with Crippen LogP contribution in [0.2, 0.25) is 0 Å². The highest BCUT2D eigenvalue weighted by atomic mass is 15.1. The van der Waals surface area contributed by atoms with E-state index in [0.717, 1.165) is 35.3 Å². The molecule has 1 atom stereocenters. The highest BCUT2D eigenvalue weighted by Crippen LogP contribution is 2.43. The van der Waals surface area contributed by atoms with Gasteiger partial charge in [-0.25, -0.2) is 0 Å². The molecule has 0 heterocycles. The average Bonchev–Trinajstić information content (AvgIpc) is 2.89. The van der Waals surface area contributed by atoms with Gasteiger partial charge in [0.05, 0.1) is 0 Å². The standard InChI is InChI=1S/C36H43N3/c1-9-39(25-27-10-12-30(13-11-27)34(36(6,7)8)22-35(3,4)5)33-18-16-29(17-19-33)32-15-14-31(26(2)20-32)21-28(23-37)24-38/h10-21,34H,9,22,25H2,1-8H3. The lowest BCUT2D eigenvalue weighted by Gasteiger charge is -2.36. The molecule has 0 amide bonds. The smallest absolute Gasteiger partial charge is 0.130 e. The Labute approximate surface area is 236 Å². The van der Waals surface area contributed by atoms with Gasteiger partial charge >= 0.3 is 0 Å². The van der Waals surface area contributed by atoms with Crippen molar-refractivity contribution >= 4 is 11.8 Å². The van der Waals surface area contributed by atoms with Gasteiger partial charge in [0, 0.05) is 18.8 Å². The molecule has 0 aromatic heterocycles. The van der Waals surface area contributed by atoms with Crippen molar-refractivity contribution < 1.29 is 0 Å². The summed E-state index contributed by atoms with van der Waals surface area (Å²) < 4.78 is 0. The van der Waals surface area contributed by atoms with E-state index in [2.05, 4.69) is 108 Å². The normalized spacial score (nSPS) is 12.3. The highest BCUT2D eigenvalue weighted by molar-refractivity contribution is 5.71. The van der Waals surface area contributed by atoms with Crippen LogP contribution in [0.1, 0.15) is 83.1 Å². The summed E-state index contributed by atoms with van der Waals surface area (Å²) in [5.41, 5.74) is 8.77. The SMILES string of the molecule is CCN(Cc1ccc(C(CC(C)(C)C)C(C)(C)C)cc1)c1ccc(-c2ccc(C=C(C#N)C#N)c(C)c2)cc1. The molecule has 0 radical (unpaired) electrons. The van der Waals surface area contributed by atoms with E-state index in [1.807, 2.05) is 31.2 Å². The molecule has 0 aliphatic rings. The number of aryl methyl sites for hydroxylation is 1. The first-order chi connectivity index (χ1) is 18.3. The van der Waals surface area contributed by atoms with Crippen LogP contribution in [-0.4, -0.2) is 6.54 Å². The minimum Gasteiger partial charge on any atom is -0.367 e. The third kappa shape index (κ3) is 8.08. The van der Waals surface area contributed by atoms with Gasteiger partial charge in [-0.1, -0.05) is 96.1 Å².